The number of benzene rings is 1. The summed E-state index contributed by atoms with van der Waals surface area (Å²) in [5, 5.41) is 4.57. The van der Waals surface area contributed by atoms with Gasteiger partial charge in [0.25, 0.3) is 0 Å². The van der Waals surface area contributed by atoms with Crippen LogP contribution in [-0.4, -0.2) is 51.1 Å². The molecule has 3 aliphatic rings. The molecule has 33 heavy (non-hydrogen) atoms. The van der Waals surface area contributed by atoms with E-state index in [0.29, 0.717) is 34.8 Å². The van der Waals surface area contributed by atoms with Crippen LogP contribution in [0.5, 0.6) is 11.8 Å². The van der Waals surface area contributed by atoms with Gasteiger partial charge in [0.05, 0.1) is 29.0 Å². The molecule has 0 amide bonds. The summed E-state index contributed by atoms with van der Waals surface area (Å²) in [7, 11) is 1.77. The number of hydrogen-bond acceptors (Lipinski definition) is 8. The Balaban J connectivity index is 1.35. The molecular formula is C23H23FN8O. The van der Waals surface area contributed by atoms with Crippen LogP contribution in [0.4, 0.5) is 15.9 Å². The zero-order valence-electron chi connectivity index (χ0n) is 18.0. The predicted octanol–water partition coefficient (Wildman–Crippen LogP) is 3.14. The second kappa shape index (κ2) is 6.74. The van der Waals surface area contributed by atoms with Crippen molar-refractivity contribution in [2.45, 2.75) is 24.8 Å². The number of fused-ring (bicyclic) bond motifs is 4. The summed E-state index contributed by atoms with van der Waals surface area (Å²) >= 11 is 0. The van der Waals surface area contributed by atoms with E-state index in [9.17, 15) is 4.39 Å². The molecule has 9 nitrogen and oxygen atoms in total. The molecule has 1 aromatic carbocycles. The second-order valence-corrected chi connectivity index (χ2v) is 9.27. The highest BCUT2D eigenvalue weighted by molar-refractivity contribution is 6.14. The molecule has 3 fully saturated rings. The smallest absolute Gasteiger partial charge is 0.326 e. The van der Waals surface area contributed by atoms with Crippen molar-refractivity contribution in [2.24, 2.45) is 17.6 Å². The van der Waals surface area contributed by atoms with Gasteiger partial charge in [-0.15, -0.1) is 0 Å². The highest BCUT2D eigenvalue weighted by Crippen LogP contribution is 2.47. The maximum atomic E-state index is 14.4. The fourth-order valence-electron chi connectivity index (χ4n) is 5.08. The third-order valence-corrected chi connectivity index (χ3v) is 7.11. The molecule has 10 heteroatoms. The lowest BCUT2D eigenvalue weighted by atomic mass is 10.1. The summed E-state index contributed by atoms with van der Waals surface area (Å²) in [4.78, 5) is 23.8. The summed E-state index contributed by atoms with van der Waals surface area (Å²) in [6.07, 6.45) is 5.61. The van der Waals surface area contributed by atoms with Crippen LogP contribution >= 0.6 is 0 Å². The van der Waals surface area contributed by atoms with E-state index in [-0.39, 0.29) is 17.9 Å². The second-order valence-electron chi connectivity index (χ2n) is 9.27. The molecule has 2 aliphatic carbocycles. The first-order valence-electron chi connectivity index (χ1n) is 11.3. The Morgan fingerprint density at radius 1 is 1.15 bits per heavy atom. The Kier molecular flexibility index (Phi) is 3.88. The van der Waals surface area contributed by atoms with Gasteiger partial charge >= 0.3 is 6.01 Å². The zero-order chi connectivity index (χ0) is 22.3. The molecule has 3 aromatic heterocycles. The molecule has 4 aromatic rings. The van der Waals surface area contributed by atoms with Crippen molar-refractivity contribution in [2.75, 3.05) is 30.4 Å². The van der Waals surface area contributed by atoms with E-state index in [0.717, 1.165) is 53.9 Å². The average molecular weight is 446 g/mol. The van der Waals surface area contributed by atoms with Crippen molar-refractivity contribution in [1.29, 1.82) is 0 Å². The number of ether oxygens (including phenoxy) is 1. The summed E-state index contributed by atoms with van der Waals surface area (Å²) in [5.41, 5.74) is 8.19. The van der Waals surface area contributed by atoms with E-state index in [4.69, 9.17) is 15.5 Å². The monoisotopic (exact) mass is 446 g/mol. The Bertz CT molecular complexity index is 1390. The van der Waals surface area contributed by atoms with Crippen LogP contribution in [0.1, 0.15) is 24.6 Å². The number of rotatable bonds is 5. The van der Waals surface area contributed by atoms with Gasteiger partial charge in [0, 0.05) is 37.5 Å². The van der Waals surface area contributed by atoms with Gasteiger partial charge in [0.15, 0.2) is 5.75 Å². The number of halogens is 1. The highest BCUT2D eigenvalue weighted by atomic mass is 19.1. The number of nitrogens with two attached hydrogens (primary N) is 1. The van der Waals surface area contributed by atoms with Crippen molar-refractivity contribution >= 4 is 33.4 Å². The normalized spacial score (nSPS) is 23.8. The van der Waals surface area contributed by atoms with Gasteiger partial charge in [-0.3, -0.25) is 0 Å². The van der Waals surface area contributed by atoms with Crippen LogP contribution < -0.4 is 20.7 Å². The first-order chi connectivity index (χ1) is 16.1. The van der Waals surface area contributed by atoms with Gasteiger partial charge in [0.2, 0.25) is 0 Å². The maximum Gasteiger partial charge on any atom is 0.326 e. The Morgan fingerprint density at radius 2 is 1.91 bits per heavy atom. The molecule has 2 atom stereocenters. The number of nitrogens with one attached hydrogen (secondary N) is 2. The van der Waals surface area contributed by atoms with Crippen LogP contribution in [0.3, 0.4) is 0 Å². The maximum absolute atomic E-state index is 14.4. The van der Waals surface area contributed by atoms with E-state index in [1.165, 1.54) is 12.1 Å². The Morgan fingerprint density at radius 3 is 2.61 bits per heavy atom. The van der Waals surface area contributed by atoms with Crippen molar-refractivity contribution < 1.29 is 9.13 Å². The van der Waals surface area contributed by atoms with Gasteiger partial charge in [0.1, 0.15) is 23.1 Å². The largest absolute Gasteiger partial charge is 0.421 e. The molecule has 0 bridgehead atoms. The molecule has 2 saturated carbocycles. The summed E-state index contributed by atoms with van der Waals surface area (Å²) in [6, 6.07) is 3.44. The molecule has 0 spiro atoms. The first kappa shape index (κ1) is 19.0. The van der Waals surface area contributed by atoms with Gasteiger partial charge in [-0.1, -0.05) is 0 Å². The van der Waals surface area contributed by atoms with Gasteiger partial charge < -0.3 is 25.7 Å². The summed E-state index contributed by atoms with van der Waals surface area (Å²) < 4.78 is 20.4. The predicted molar refractivity (Wildman–Crippen MR) is 122 cm³/mol. The highest BCUT2D eigenvalue weighted by Gasteiger charge is 2.54. The van der Waals surface area contributed by atoms with E-state index in [1.54, 1.807) is 19.4 Å². The molecule has 1 aliphatic heterocycles. The molecular weight excluding hydrogens is 423 g/mol. The molecule has 2 unspecified atom stereocenters. The van der Waals surface area contributed by atoms with E-state index in [1.807, 2.05) is 0 Å². The molecule has 168 valence electrons. The van der Waals surface area contributed by atoms with Crippen LogP contribution in [-0.2, 0) is 0 Å². The lowest BCUT2D eigenvalue weighted by Gasteiger charge is -2.21. The SMILES string of the molecule is CNc1cc(F)cc2c1[nH]c1nc(Oc3cnc(C4CC4)nc3)nc(N3CC4C(N)C4C3)c12. The van der Waals surface area contributed by atoms with Crippen molar-refractivity contribution in [3.63, 3.8) is 0 Å². The lowest BCUT2D eigenvalue weighted by Crippen LogP contribution is -2.29. The minimum atomic E-state index is -0.321. The minimum absolute atomic E-state index is 0.197. The number of aromatic amines is 1. The van der Waals surface area contributed by atoms with Crippen LogP contribution in [0.2, 0.25) is 0 Å². The summed E-state index contributed by atoms with van der Waals surface area (Å²) in [5.74, 6) is 3.15. The van der Waals surface area contributed by atoms with Crippen molar-refractivity contribution in [1.82, 2.24) is 24.9 Å². The van der Waals surface area contributed by atoms with E-state index >= 15 is 0 Å². The number of aromatic nitrogens is 5. The Hall–Kier alpha value is -3.53. The fourth-order valence-corrected chi connectivity index (χ4v) is 5.08. The van der Waals surface area contributed by atoms with Gasteiger partial charge in [-0.05, 0) is 36.8 Å². The van der Waals surface area contributed by atoms with Gasteiger partial charge in [-0.25, -0.2) is 14.4 Å². The number of piperidine rings is 1. The number of H-pyrrole nitrogens is 1. The number of hydrogen-bond donors (Lipinski definition) is 3. The fraction of sp³-hybridized carbons (Fsp3) is 0.391. The Labute approximate surface area is 188 Å². The van der Waals surface area contributed by atoms with Crippen molar-refractivity contribution in [3.05, 3.63) is 36.2 Å². The third kappa shape index (κ3) is 3.01. The molecule has 1 saturated heterocycles. The molecule has 4 heterocycles. The first-order valence-corrected chi connectivity index (χ1v) is 11.3. The molecule has 4 N–H and O–H groups in total. The lowest BCUT2D eigenvalue weighted by molar-refractivity contribution is 0.438. The summed E-state index contributed by atoms with van der Waals surface area (Å²) in [6.45, 7) is 1.63. The van der Waals surface area contributed by atoms with E-state index in [2.05, 4.69) is 30.2 Å². The van der Waals surface area contributed by atoms with Crippen LogP contribution in [0, 0.1) is 17.7 Å². The number of anilines is 2. The van der Waals surface area contributed by atoms with Crippen molar-refractivity contribution in [3.8, 4) is 11.8 Å². The number of nitrogens with zero attached hydrogens (tertiary/aromatic N) is 5. The molecule has 7 rings (SSSR count). The van der Waals surface area contributed by atoms with Gasteiger partial charge in [-0.2, -0.15) is 9.97 Å². The standard InChI is InChI=1S/C23H23FN8O/c1-26-16-5-11(24)4-13-17-21(29-19(13)16)30-23(31-22(17)32-8-14-15(9-32)18(14)25)33-12-6-27-20(28-7-12)10-2-3-10/h4-7,10,14-15,18,26H,2-3,8-9,25H2,1H3,(H,29,30,31). The topological polar surface area (TPSA) is 118 Å². The third-order valence-electron chi connectivity index (χ3n) is 7.11. The molecule has 0 radical (unpaired) electrons. The quantitative estimate of drug-likeness (QED) is 0.428. The average Bonchev–Trinajstić information content (AvgIpc) is 3.66. The minimum Gasteiger partial charge on any atom is -0.421 e. The van der Waals surface area contributed by atoms with Crippen LogP contribution in [0.25, 0.3) is 21.9 Å². The van der Waals surface area contributed by atoms with E-state index < -0.39 is 0 Å². The zero-order valence-corrected chi connectivity index (χ0v) is 18.0. The van der Waals surface area contributed by atoms with Crippen LogP contribution in [0.15, 0.2) is 24.5 Å².